The molecule has 3 aromatic carbocycles. The SMILES string of the molecule is COc1ccc(C(=O)N2CCc3ccccc3C2)cc1S(=O)(=O)NCc1ccccc1. The molecule has 0 spiro atoms. The highest BCUT2D eigenvalue weighted by atomic mass is 32.2. The summed E-state index contributed by atoms with van der Waals surface area (Å²) < 4.78 is 33.8. The number of carbonyl (C=O) groups is 1. The van der Waals surface area contributed by atoms with E-state index in [1.54, 1.807) is 11.0 Å². The average Bonchev–Trinajstić information content (AvgIpc) is 2.82. The number of rotatable bonds is 6. The van der Waals surface area contributed by atoms with Crippen LogP contribution in [0.2, 0.25) is 0 Å². The Morgan fingerprint density at radius 1 is 1.00 bits per heavy atom. The Morgan fingerprint density at radius 3 is 2.45 bits per heavy atom. The molecule has 1 aliphatic rings. The van der Waals surface area contributed by atoms with Crippen molar-refractivity contribution in [2.45, 2.75) is 24.4 Å². The van der Waals surface area contributed by atoms with Gasteiger partial charge in [-0.15, -0.1) is 0 Å². The Hall–Kier alpha value is -3.16. The lowest BCUT2D eigenvalue weighted by Gasteiger charge is -2.29. The second-order valence-electron chi connectivity index (χ2n) is 7.42. The Morgan fingerprint density at radius 2 is 1.71 bits per heavy atom. The molecule has 0 aliphatic carbocycles. The second-order valence-corrected chi connectivity index (χ2v) is 9.16. The lowest BCUT2D eigenvalue weighted by Crippen LogP contribution is -2.36. The van der Waals surface area contributed by atoms with Gasteiger partial charge in [0.2, 0.25) is 10.0 Å². The second kappa shape index (κ2) is 8.91. The summed E-state index contributed by atoms with van der Waals surface area (Å²) in [5, 5.41) is 0. The third-order valence-electron chi connectivity index (χ3n) is 5.43. The fraction of sp³-hybridized carbons (Fsp3) is 0.208. The monoisotopic (exact) mass is 436 g/mol. The zero-order valence-corrected chi connectivity index (χ0v) is 18.1. The van der Waals surface area contributed by atoms with Crippen LogP contribution in [0, 0.1) is 0 Å². The molecule has 6 nitrogen and oxygen atoms in total. The molecule has 31 heavy (non-hydrogen) atoms. The van der Waals surface area contributed by atoms with Crippen LogP contribution in [0.4, 0.5) is 0 Å². The molecule has 4 rings (SSSR count). The minimum absolute atomic E-state index is 0.0470. The summed E-state index contributed by atoms with van der Waals surface area (Å²) in [5.41, 5.74) is 3.52. The van der Waals surface area contributed by atoms with Crippen molar-refractivity contribution in [3.05, 3.63) is 95.1 Å². The number of ether oxygens (including phenoxy) is 1. The van der Waals surface area contributed by atoms with Gasteiger partial charge in [-0.05, 0) is 41.3 Å². The number of hydrogen-bond donors (Lipinski definition) is 1. The topological polar surface area (TPSA) is 75.7 Å². The maximum atomic E-state index is 13.1. The Labute approximate surface area is 182 Å². The largest absolute Gasteiger partial charge is 0.495 e. The summed E-state index contributed by atoms with van der Waals surface area (Å²) in [5.74, 6) is -0.00207. The van der Waals surface area contributed by atoms with Crippen molar-refractivity contribution in [2.75, 3.05) is 13.7 Å². The molecule has 0 aromatic heterocycles. The van der Waals surface area contributed by atoms with Gasteiger partial charge >= 0.3 is 0 Å². The van der Waals surface area contributed by atoms with Crippen LogP contribution in [0.3, 0.4) is 0 Å². The summed E-state index contributed by atoms with van der Waals surface area (Å²) in [4.78, 5) is 14.8. The molecule has 1 amide bonds. The van der Waals surface area contributed by atoms with E-state index in [1.165, 1.54) is 24.8 Å². The maximum Gasteiger partial charge on any atom is 0.254 e. The van der Waals surface area contributed by atoms with Crippen LogP contribution >= 0.6 is 0 Å². The number of fused-ring (bicyclic) bond motifs is 1. The Balaban J connectivity index is 1.58. The molecule has 0 atom stereocenters. The van der Waals surface area contributed by atoms with E-state index in [1.807, 2.05) is 48.5 Å². The number of benzene rings is 3. The molecule has 0 bridgehead atoms. The molecule has 1 heterocycles. The Kier molecular flexibility index (Phi) is 6.06. The van der Waals surface area contributed by atoms with Crippen LogP contribution in [-0.4, -0.2) is 32.9 Å². The van der Waals surface area contributed by atoms with Gasteiger partial charge in [0.1, 0.15) is 10.6 Å². The third kappa shape index (κ3) is 4.62. The molecule has 0 saturated carbocycles. The number of hydrogen-bond acceptors (Lipinski definition) is 4. The minimum atomic E-state index is -3.88. The fourth-order valence-electron chi connectivity index (χ4n) is 3.72. The van der Waals surface area contributed by atoms with E-state index in [4.69, 9.17) is 4.74 Å². The summed E-state index contributed by atoms with van der Waals surface area (Å²) in [6.07, 6.45) is 0.780. The van der Waals surface area contributed by atoms with E-state index in [-0.39, 0.29) is 23.1 Å². The van der Waals surface area contributed by atoms with E-state index in [9.17, 15) is 13.2 Å². The average molecular weight is 437 g/mol. The molecule has 1 aliphatic heterocycles. The molecule has 0 fully saturated rings. The Bertz CT molecular complexity index is 1190. The lowest BCUT2D eigenvalue weighted by molar-refractivity contribution is 0.0734. The first-order valence-corrected chi connectivity index (χ1v) is 11.5. The van der Waals surface area contributed by atoms with Gasteiger partial charge in [-0.2, -0.15) is 0 Å². The van der Waals surface area contributed by atoms with Gasteiger partial charge in [0, 0.05) is 25.2 Å². The predicted octanol–water partition coefficient (Wildman–Crippen LogP) is 3.37. The van der Waals surface area contributed by atoms with Crippen LogP contribution in [0.1, 0.15) is 27.0 Å². The maximum absolute atomic E-state index is 13.1. The van der Waals surface area contributed by atoms with E-state index < -0.39 is 10.0 Å². The summed E-state index contributed by atoms with van der Waals surface area (Å²) in [7, 11) is -2.47. The molecule has 0 saturated heterocycles. The molecule has 0 radical (unpaired) electrons. The van der Waals surface area contributed by atoms with Crippen molar-refractivity contribution < 1.29 is 17.9 Å². The van der Waals surface area contributed by atoms with Crippen molar-refractivity contribution >= 4 is 15.9 Å². The zero-order valence-electron chi connectivity index (χ0n) is 17.2. The van der Waals surface area contributed by atoms with E-state index >= 15 is 0 Å². The summed E-state index contributed by atoms with van der Waals surface area (Å²) in [6, 6.07) is 21.8. The van der Waals surface area contributed by atoms with Crippen molar-refractivity contribution in [3.63, 3.8) is 0 Å². The smallest absolute Gasteiger partial charge is 0.254 e. The van der Waals surface area contributed by atoms with Crippen LogP contribution < -0.4 is 9.46 Å². The zero-order chi connectivity index (χ0) is 21.8. The van der Waals surface area contributed by atoms with Gasteiger partial charge in [-0.1, -0.05) is 54.6 Å². The van der Waals surface area contributed by atoms with E-state index in [2.05, 4.69) is 10.8 Å². The third-order valence-corrected chi connectivity index (χ3v) is 6.85. The van der Waals surface area contributed by atoms with Gasteiger partial charge in [-0.3, -0.25) is 4.79 Å². The van der Waals surface area contributed by atoms with Crippen LogP contribution in [0.5, 0.6) is 5.75 Å². The van der Waals surface area contributed by atoms with Gasteiger partial charge in [-0.25, -0.2) is 13.1 Å². The highest BCUT2D eigenvalue weighted by Gasteiger charge is 2.25. The van der Waals surface area contributed by atoms with Gasteiger partial charge < -0.3 is 9.64 Å². The first kappa shape index (κ1) is 21.1. The molecular formula is C24H24N2O4S. The number of carbonyl (C=O) groups excluding carboxylic acids is 1. The van der Waals surface area contributed by atoms with Crippen molar-refractivity contribution in [1.29, 1.82) is 0 Å². The molecular weight excluding hydrogens is 412 g/mol. The minimum Gasteiger partial charge on any atom is -0.495 e. The van der Waals surface area contributed by atoms with Crippen molar-refractivity contribution in [1.82, 2.24) is 9.62 Å². The van der Waals surface area contributed by atoms with Gasteiger partial charge in [0.15, 0.2) is 0 Å². The van der Waals surface area contributed by atoms with Gasteiger partial charge in [0.05, 0.1) is 7.11 Å². The van der Waals surface area contributed by atoms with Crippen molar-refractivity contribution in [3.8, 4) is 5.75 Å². The van der Waals surface area contributed by atoms with Crippen LogP contribution in [0.15, 0.2) is 77.7 Å². The lowest BCUT2D eigenvalue weighted by atomic mass is 9.99. The number of nitrogens with zero attached hydrogens (tertiary/aromatic N) is 1. The highest BCUT2D eigenvalue weighted by Crippen LogP contribution is 2.27. The summed E-state index contributed by atoms with van der Waals surface area (Å²) >= 11 is 0. The van der Waals surface area contributed by atoms with E-state index in [0.717, 1.165) is 17.5 Å². The fourth-order valence-corrected chi connectivity index (χ4v) is 4.93. The number of methoxy groups -OCH3 is 1. The normalized spacial score (nSPS) is 13.5. The highest BCUT2D eigenvalue weighted by molar-refractivity contribution is 7.89. The number of sulfonamides is 1. The molecule has 3 aromatic rings. The summed E-state index contributed by atoms with van der Waals surface area (Å²) in [6.45, 7) is 1.25. The molecule has 0 unspecified atom stereocenters. The number of nitrogens with one attached hydrogen (secondary N) is 1. The van der Waals surface area contributed by atoms with Crippen LogP contribution in [0.25, 0.3) is 0 Å². The van der Waals surface area contributed by atoms with Crippen LogP contribution in [-0.2, 0) is 29.5 Å². The first-order valence-electron chi connectivity index (χ1n) is 10.1. The van der Waals surface area contributed by atoms with Gasteiger partial charge in [0.25, 0.3) is 5.91 Å². The van der Waals surface area contributed by atoms with E-state index in [0.29, 0.717) is 18.7 Å². The quantitative estimate of drug-likeness (QED) is 0.643. The molecule has 7 heteroatoms. The van der Waals surface area contributed by atoms with Crippen molar-refractivity contribution in [2.24, 2.45) is 0 Å². The standard InChI is InChI=1S/C24H24N2O4S/c1-30-22-12-11-20(24(27)26-14-13-19-9-5-6-10-21(19)17-26)15-23(22)31(28,29)25-16-18-7-3-2-4-8-18/h2-12,15,25H,13-14,16-17H2,1H3. The molecule has 1 N–H and O–H groups in total. The molecule has 160 valence electrons. The first-order chi connectivity index (χ1) is 15.0. The predicted molar refractivity (Wildman–Crippen MR) is 118 cm³/mol. The number of amides is 1.